The maximum atomic E-state index is 13.9. The SMILES string of the molecule is Cc1nc(C2CCC(N3C(=NC(=O)c4cccc(F)c4)Cc4ccc(CN5CCC(C(C)(C)O)CC5)cc43)CC2)n[nH]1. The number of anilines is 1. The quantitative estimate of drug-likeness (QED) is 0.401. The summed E-state index contributed by atoms with van der Waals surface area (Å²) < 4.78 is 13.9. The molecule has 3 heterocycles. The van der Waals surface area contributed by atoms with Crippen molar-refractivity contribution < 1.29 is 14.3 Å². The first-order chi connectivity index (χ1) is 20.1. The lowest BCUT2D eigenvalue weighted by Gasteiger charge is -2.38. The molecule has 3 aliphatic rings. The van der Waals surface area contributed by atoms with Gasteiger partial charge in [0, 0.05) is 36.2 Å². The lowest BCUT2D eigenvalue weighted by Crippen LogP contribution is -2.41. The molecule has 2 fully saturated rings. The number of H-pyrrole nitrogens is 1. The minimum absolute atomic E-state index is 0.208. The third kappa shape index (κ3) is 6.17. The Balaban J connectivity index is 1.24. The number of hydrogen-bond acceptors (Lipinski definition) is 5. The number of aryl methyl sites for hydroxylation is 1. The molecule has 0 spiro atoms. The van der Waals surface area contributed by atoms with Gasteiger partial charge in [0.05, 0.1) is 5.60 Å². The van der Waals surface area contributed by atoms with Crippen LogP contribution in [0.5, 0.6) is 0 Å². The molecule has 2 aromatic carbocycles. The van der Waals surface area contributed by atoms with Gasteiger partial charge in [-0.25, -0.2) is 9.37 Å². The van der Waals surface area contributed by atoms with Crippen LogP contribution in [0.25, 0.3) is 0 Å². The number of fused-ring (bicyclic) bond motifs is 1. The molecule has 222 valence electrons. The molecule has 0 unspecified atom stereocenters. The van der Waals surface area contributed by atoms with Gasteiger partial charge in [0.1, 0.15) is 17.5 Å². The van der Waals surface area contributed by atoms with E-state index in [4.69, 9.17) is 0 Å². The average molecular weight is 573 g/mol. The van der Waals surface area contributed by atoms with Crippen molar-refractivity contribution in [3.05, 3.63) is 76.6 Å². The number of amides is 1. The Bertz CT molecular complexity index is 1460. The summed E-state index contributed by atoms with van der Waals surface area (Å²) in [6.07, 6.45) is 6.39. The Morgan fingerprint density at radius 3 is 2.52 bits per heavy atom. The van der Waals surface area contributed by atoms with Gasteiger partial charge in [-0.2, -0.15) is 10.1 Å². The number of aromatic nitrogens is 3. The minimum Gasteiger partial charge on any atom is -0.390 e. The molecule has 1 saturated heterocycles. The van der Waals surface area contributed by atoms with Gasteiger partial charge in [-0.3, -0.25) is 14.8 Å². The van der Waals surface area contributed by atoms with Gasteiger partial charge in [0.2, 0.25) is 0 Å². The summed E-state index contributed by atoms with van der Waals surface area (Å²) in [4.78, 5) is 27.1. The summed E-state index contributed by atoms with van der Waals surface area (Å²) >= 11 is 0. The van der Waals surface area contributed by atoms with Crippen molar-refractivity contribution in [2.75, 3.05) is 18.0 Å². The molecule has 1 aliphatic carbocycles. The van der Waals surface area contributed by atoms with E-state index in [1.807, 2.05) is 20.8 Å². The maximum Gasteiger partial charge on any atom is 0.278 e. The number of carbonyl (C=O) groups excluding carboxylic acids is 1. The van der Waals surface area contributed by atoms with Crippen LogP contribution in [0.2, 0.25) is 0 Å². The van der Waals surface area contributed by atoms with Crippen molar-refractivity contribution in [1.29, 1.82) is 0 Å². The van der Waals surface area contributed by atoms with Gasteiger partial charge in [-0.05, 0) is 114 Å². The standard InChI is InChI=1S/C33H41FN6O2/c1-21-35-31(38-37-21)23-9-11-28(12-10-23)40-29-17-22(20-39-15-13-26(14-16-39)33(2,3)42)7-8-24(29)19-30(40)36-32(41)25-5-4-6-27(34)18-25/h4-8,17-18,23,26,28,42H,9-16,19-20H2,1-3H3,(H,35,37,38). The maximum absolute atomic E-state index is 13.9. The van der Waals surface area contributed by atoms with Crippen LogP contribution >= 0.6 is 0 Å². The molecule has 2 N–H and O–H groups in total. The highest BCUT2D eigenvalue weighted by Gasteiger charge is 2.36. The average Bonchev–Trinajstić information content (AvgIpc) is 3.56. The van der Waals surface area contributed by atoms with Crippen LogP contribution in [0.15, 0.2) is 47.5 Å². The molecular formula is C33H41FN6O2. The van der Waals surface area contributed by atoms with Gasteiger partial charge >= 0.3 is 0 Å². The van der Waals surface area contributed by atoms with Crippen molar-refractivity contribution in [2.45, 2.75) is 89.8 Å². The summed E-state index contributed by atoms with van der Waals surface area (Å²) in [7, 11) is 0. The monoisotopic (exact) mass is 572 g/mol. The second kappa shape index (κ2) is 11.7. The van der Waals surface area contributed by atoms with Crippen LogP contribution in [-0.4, -0.2) is 61.7 Å². The highest BCUT2D eigenvalue weighted by Crippen LogP contribution is 2.40. The zero-order valence-electron chi connectivity index (χ0n) is 24.8. The molecule has 2 aliphatic heterocycles. The largest absolute Gasteiger partial charge is 0.390 e. The number of aliphatic imine (C=N–C) groups is 1. The summed E-state index contributed by atoms with van der Waals surface area (Å²) in [5.41, 5.74) is 3.16. The molecule has 6 rings (SSSR count). The fourth-order valence-electron chi connectivity index (χ4n) is 6.97. The number of aliphatic hydroxyl groups is 1. The number of likely N-dealkylation sites (tertiary alicyclic amines) is 1. The van der Waals surface area contributed by atoms with Crippen LogP contribution in [-0.2, 0) is 13.0 Å². The molecule has 0 radical (unpaired) electrons. The van der Waals surface area contributed by atoms with E-state index in [0.717, 1.165) is 86.9 Å². The van der Waals surface area contributed by atoms with Crippen molar-refractivity contribution >= 4 is 17.4 Å². The Kier molecular flexibility index (Phi) is 7.98. The molecule has 1 saturated carbocycles. The second-order valence-electron chi connectivity index (χ2n) is 12.8. The van der Waals surface area contributed by atoms with E-state index < -0.39 is 17.3 Å². The first-order valence-corrected chi connectivity index (χ1v) is 15.3. The predicted octanol–water partition coefficient (Wildman–Crippen LogP) is 5.56. The molecule has 0 bridgehead atoms. The molecule has 8 nitrogen and oxygen atoms in total. The molecule has 0 atom stereocenters. The van der Waals surface area contributed by atoms with E-state index in [-0.39, 0.29) is 11.6 Å². The second-order valence-corrected chi connectivity index (χ2v) is 12.8. The smallest absolute Gasteiger partial charge is 0.278 e. The first-order valence-electron chi connectivity index (χ1n) is 15.3. The van der Waals surface area contributed by atoms with E-state index in [9.17, 15) is 14.3 Å². The Morgan fingerprint density at radius 2 is 1.86 bits per heavy atom. The molecule has 1 amide bonds. The number of carbonyl (C=O) groups is 1. The number of benzene rings is 2. The lowest BCUT2D eigenvalue weighted by atomic mass is 9.83. The van der Waals surface area contributed by atoms with Crippen LogP contribution in [0.4, 0.5) is 10.1 Å². The Hall–Kier alpha value is -3.43. The van der Waals surface area contributed by atoms with Gasteiger partial charge in [-0.1, -0.05) is 18.2 Å². The Morgan fingerprint density at radius 1 is 1.10 bits per heavy atom. The molecular weight excluding hydrogens is 531 g/mol. The number of rotatable bonds is 6. The number of nitrogens with zero attached hydrogens (tertiary/aromatic N) is 5. The first kappa shape index (κ1) is 28.7. The highest BCUT2D eigenvalue weighted by atomic mass is 19.1. The predicted molar refractivity (Wildman–Crippen MR) is 161 cm³/mol. The zero-order valence-corrected chi connectivity index (χ0v) is 24.8. The van der Waals surface area contributed by atoms with E-state index in [1.54, 1.807) is 12.1 Å². The van der Waals surface area contributed by atoms with Crippen molar-refractivity contribution in [2.24, 2.45) is 10.9 Å². The van der Waals surface area contributed by atoms with Crippen LogP contribution in [0.3, 0.4) is 0 Å². The Labute approximate surface area is 247 Å². The summed E-state index contributed by atoms with van der Waals surface area (Å²) in [5, 5.41) is 17.8. The number of nitrogens with one attached hydrogen (secondary N) is 1. The van der Waals surface area contributed by atoms with Crippen LogP contribution < -0.4 is 4.90 Å². The van der Waals surface area contributed by atoms with Crippen LogP contribution in [0, 0.1) is 18.7 Å². The minimum atomic E-state index is -0.635. The van der Waals surface area contributed by atoms with E-state index in [0.29, 0.717) is 18.3 Å². The lowest BCUT2D eigenvalue weighted by molar-refractivity contribution is -0.0136. The van der Waals surface area contributed by atoms with Crippen molar-refractivity contribution in [3.8, 4) is 0 Å². The summed E-state index contributed by atoms with van der Waals surface area (Å²) in [6.45, 7) is 8.55. The van der Waals surface area contributed by atoms with Gasteiger partial charge < -0.3 is 10.0 Å². The number of aromatic amines is 1. The number of piperidine rings is 1. The fourth-order valence-corrected chi connectivity index (χ4v) is 6.97. The van der Waals surface area contributed by atoms with E-state index in [2.05, 4.69) is 48.2 Å². The van der Waals surface area contributed by atoms with Gasteiger partial charge in [0.25, 0.3) is 5.91 Å². The summed E-state index contributed by atoms with van der Waals surface area (Å²) in [6, 6.07) is 12.6. The van der Waals surface area contributed by atoms with Crippen LogP contribution in [0.1, 0.15) is 91.4 Å². The van der Waals surface area contributed by atoms with E-state index in [1.165, 1.54) is 17.7 Å². The molecule has 3 aromatic rings. The molecule has 9 heteroatoms. The zero-order chi connectivity index (χ0) is 29.4. The van der Waals surface area contributed by atoms with E-state index >= 15 is 0 Å². The highest BCUT2D eigenvalue weighted by molar-refractivity contribution is 6.12. The third-order valence-electron chi connectivity index (χ3n) is 9.37. The summed E-state index contributed by atoms with van der Waals surface area (Å²) in [5.74, 6) is 2.25. The number of hydrogen-bond donors (Lipinski definition) is 2. The number of amidine groups is 1. The molecule has 1 aromatic heterocycles. The number of halogens is 1. The third-order valence-corrected chi connectivity index (χ3v) is 9.37. The fraction of sp³-hybridized carbons (Fsp3) is 0.515. The normalized spacial score (nSPS) is 23.0. The van der Waals surface area contributed by atoms with Gasteiger partial charge in [-0.15, -0.1) is 0 Å². The molecule has 42 heavy (non-hydrogen) atoms. The van der Waals surface area contributed by atoms with Gasteiger partial charge in [0.15, 0.2) is 5.82 Å². The van der Waals surface area contributed by atoms with Crippen molar-refractivity contribution in [1.82, 2.24) is 20.1 Å². The topological polar surface area (TPSA) is 97.7 Å². The van der Waals surface area contributed by atoms with Crippen molar-refractivity contribution in [3.63, 3.8) is 0 Å².